The Bertz CT molecular complexity index is 962. The van der Waals surface area contributed by atoms with Crippen molar-refractivity contribution >= 4 is 41.0 Å². The summed E-state index contributed by atoms with van der Waals surface area (Å²) < 4.78 is 24.2. The van der Waals surface area contributed by atoms with E-state index in [0.717, 1.165) is 22.7 Å². The van der Waals surface area contributed by atoms with Gasteiger partial charge in [-0.25, -0.2) is 14.2 Å². The second kappa shape index (κ2) is 10.7. The van der Waals surface area contributed by atoms with E-state index in [1.54, 1.807) is 13.2 Å². The first-order valence-electron chi connectivity index (χ1n) is 8.54. The zero-order chi connectivity index (χ0) is 22.3. The number of carbonyl (C=O) groups excluding carboxylic acids is 1. The van der Waals surface area contributed by atoms with Crippen molar-refractivity contribution in [2.75, 3.05) is 24.4 Å². The van der Waals surface area contributed by atoms with Gasteiger partial charge in [-0.1, -0.05) is 42.1 Å². The molecular weight excluding hydrogens is 439 g/mol. The topological polar surface area (TPSA) is 108 Å². The summed E-state index contributed by atoms with van der Waals surface area (Å²) in [5, 5.41) is 11.3. The minimum absolute atomic E-state index is 0.0223. The molecule has 1 aromatic heterocycles. The third-order valence-electron chi connectivity index (χ3n) is 3.60. The van der Waals surface area contributed by atoms with Crippen molar-refractivity contribution < 1.29 is 23.6 Å². The van der Waals surface area contributed by atoms with Crippen LogP contribution in [0.3, 0.4) is 0 Å². The van der Waals surface area contributed by atoms with Crippen LogP contribution in [0.25, 0.3) is 0 Å². The van der Waals surface area contributed by atoms with E-state index in [2.05, 4.69) is 16.5 Å². The number of benzene rings is 1. The number of rotatable bonds is 9. The Morgan fingerprint density at radius 3 is 2.80 bits per heavy atom. The molecule has 0 fully saturated rings. The van der Waals surface area contributed by atoms with E-state index >= 15 is 0 Å². The molecule has 30 heavy (non-hydrogen) atoms. The van der Waals surface area contributed by atoms with E-state index in [0.29, 0.717) is 5.56 Å². The quantitative estimate of drug-likeness (QED) is 0.134. The fourth-order valence-corrected chi connectivity index (χ4v) is 2.99. The Morgan fingerprint density at radius 1 is 1.47 bits per heavy atom. The molecule has 0 saturated carbocycles. The van der Waals surface area contributed by atoms with Gasteiger partial charge in [-0.15, -0.1) is 0 Å². The van der Waals surface area contributed by atoms with Crippen molar-refractivity contribution in [3.8, 4) is 5.75 Å². The molecule has 1 amide bonds. The van der Waals surface area contributed by atoms with Gasteiger partial charge in [-0.2, -0.15) is 4.98 Å². The van der Waals surface area contributed by atoms with Crippen LogP contribution in [0.2, 0.25) is 5.15 Å². The van der Waals surface area contributed by atoms with Crippen molar-refractivity contribution in [1.82, 2.24) is 9.97 Å². The van der Waals surface area contributed by atoms with E-state index in [-0.39, 0.29) is 36.5 Å². The van der Waals surface area contributed by atoms with Gasteiger partial charge in [-0.3, -0.25) is 15.0 Å². The lowest BCUT2D eigenvalue weighted by atomic mass is 10.2. The van der Waals surface area contributed by atoms with E-state index in [1.165, 1.54) is 18.2 Å². The smallest absolute Gasteiger partial charge is 0.415 e. The molecule has 0 unspecified atom stereocenters. The minimum atomic E-state index is -0.889. The summed E-state index contributed by atoms with van der Waals surface area (Å²) in [6, 6.07) is 3.94. The molecule has 160 valence electrons. The van der Waals surface area contributed by atoms with Gasteiger partial charge in [0.2, 0.25) is 11.0 Å². The average molecular weight is 457 g/mol. The van der Waals surface area contributed by atoms with Crippen LogP contribution in [0.1, 0.15) is 12.5 Å². The summed E-state index contributed by atoms with van der Waals surface area (Å²) in [6.07, 6.45) is 2.21. The van der Waals surface area contributed by atoms with Crippen LogP contribution in [0, 0.1) is 15.9 Å². The number of nitrogens with zero attached hydrogens (tertiary/aromatic N) is 4. The first-order chi connectivity index (χ1) is 14.3. The second-order valence-electron chi connectivity index (χ2n) is 5.58. The Hall–Kier alpha value is -2.92. The molecule has 0 spiro atoms. The highest BCUT2D eigenvalue weighted by Crippen LogP contribution is 2.35. The molecule has 2 aromatic rings. The zero-order valence-corrected chi connectivity index (χ0v) is 17.7. The van der Waals surface area contributed by atoms with Crippen LogP contribution in [0.5, 0.6) is 5.75 Å². The van der Waals surface area contributed by atoms with Crippen molar-refractivity contribution in [3.63, 3.8) is 0 Å². The van der Waals surface area contributed by atoms with E-state index < -0.39 is 27.7 Å². The maximum Gasteiger partial charge on any atom is 0.415 e. The summed E-state index contributed by atoms with van der Waals surface area (Å²) in [7, 11) is 0. The molecular formula is C18H18ClFN4O5S. The predicted molar refractivity (Wildman–Crippen MR) is 111 cm³/mol. The third-order valence-corrected chi connectivity index (χ3v) is 4.42. The number of carbonyl (C=O) groups is 1. The summed E-state index contributed by atoms with van der Waals surface area (Å²) >= 11 is 7.07. The van der Waals surface area contributed by atoms with Crippen LogP contribution in [0.4, 0.5) is 20.7 Å². The summed E-state index contributed by atoms with van der Waals surface area (Å²) in [5.74, 6) is -0.999. The Morgan fingerprint density at radius 2 is 2.20 bits per heavy atom. The molecule has 12 heteroatoms. The lowest BCUT2D eigenvalue weighted by Gasteiger charge is -2.21. The van der Waals surface area contributed by atoms with Crippen molar-refractivity contribution in [1.29, 1.82) is 0 Å². The van der Waals surface area contributed by atoms with Crippen LogP contribution < -0.4 is 9.64 Å². The van der Waals surface area contributed by atoms with Gasteiger partial charge in [0.05, 0.1) is 18.1 Å². The standard InChI is InChI=1S/C18H18ClFN4O5S/c1-4-8-29-13-9-11(6-7-12(13)20)10-23(18(25)28-5-2)16-14(24(26)27)15(19)21-17(22-16)30-3/h4,6-7,9H,1,5,8,10H2,2-3H3. The van der Waals surface area contributed by atoms with Crippen molar-refractivity contribution in [2.24, 2.45) is 0 Å². The monoisotopic (exact) mass is 456 g/mol. The molecule has 0 atom stereocenters. The molecule has 0 aliphatic carbocycles. The SMILES string of the molecule is C=CCOc1cc(CN(C(=O)OCC)c2nc(SC)nc(Cl)c2[N+](=O)[O-])ccc1F. The Labute approximate surface area is 181 Å². The maximum atomic E-state index is 14.0. The van der Waals surface area contributed by atoms with Gasteiger partial charge in [0.15, 0.2) is 16.7 Å². The van der Waals surface area contributed by atoms with E-state index in [1.807, 2.05) is 0 Å². The second-order valence-corrected chi connectivity index (χ2v) is 6.71. The molecule has 0 saturated heterocycles. The van der Waals surface area contributed by atoms with Crippen LogP contribution >= 0.6 is 23.4 Å². The molecule has 0 radical (unpaired) electrons. The number of nitro groups is 1. The minimum Gasteiger partial charge on any atom is -0.486 e. The highest BCUT2D eigenvalue weighted by molar-refractivity contribution is 7.98. The van der Waals surface area contributed by atoms with Crippen LogP contribution in [-0.4, -0.2) is 40.5 Å². The van der Waals surface area contributed by atoms with Crippen LogP contribution in [-0.2, 0) is 11.3 Å². The number of aromatic nitrogens is 2. The fourth-order valence-electron chi connectivity index (χ4n) is 2.35. The number of halogens is 2. The Balaban J connectivity index is 2.56. The zero-order valence-electron chi connectivity index (χ0n) is 16.1. The first kappa shape index (κ1) is 23.4. The number of hydrogen-bond acceptors (Lipinski definition) is 8. The summed E-state index contributed by atoms with van der Waals surface area (Å²) in [4.78, 5) is 32.3. The lowest BCUT2D eigenvalue weighted by Crippen LogP contribution is -2.32. The van der Waals surface area contributed by atoms with Gasteiger partial charge >= 0.3 is 11.8 Å². The largest absolute Gasteiger partial charge is 0.486 e. The van der Waals surface area contributed by atoms with Gasteiger partial charge in [0.25, 0.3) is 0 Å². The molecule has 9 nitrogen and oxygen atoms in total. The molecule has 1 aromatic carbocycles. The molecule has 0 aliphatic rings. The number of amides is 1. The highest BCUT2D eigenvalue weighted by atomic mass is 35.5. The fraction of sp³-hybridized carbons (Fsp3) is 0.278. The number of thioether (sulfide) groups is 1. The summed E-state index contributed by atoms with van der Waals surface area (Å²) in [5.41, 5.74) is -0.231. The first-order valence-corrected chi connectivity index (χ1v) is 10.1. The van der Waals surface area contributed by atoms with E-state index in [4.69, 9.17) is 21.1 Å². The number of anilines is 1. The molecule has 1 heterocycles. The number of hydrogen-bond donors (Lipinski definition) is 0. The lowest BCUT2D eigenvalue weighted by molar-refractivity contribution is -0.384. The Kier molecular flexibility index (Phi) is 8.36. The highest BCUT2D eigenvalue weighted by Gasteiger charge is 2.32. The van der Waals surface area contributed by atoms with Gasteiger partial charge in [0.1, 0.15) is 6.61 Å². The third kappa shape index (κ3) is 5.57. The molecule has 2 rings (SSSR count). The van der Waals surface area contributed by atoms with Crippen LogP contribution in [0.15, 0.2) is 36.0 Å². The van der Waals surface area contributed by atoms with Gasteiger partial charge in [-0.05, 0) is 30.9 Å². The van der Waals surface area contributed by atoms with Crippen molar-refractivity contribution in [3.05, 3.63) is 57.5 Å². The molecule has 0 bridgehead atoms. The van der Waals surface area contributed by atoms with E-state index in [9.17, 15) is 19.3 Å². The predicted octanol–water partition coefficient (Wildman–Crippen LogP) is 4.63. The average Bonchev–Trinajstić information content (AvgIpc) is 2.71. The number of ether oxygens (including phenoxy) is 2. The maximum absolute atomic E-state index is 14.0. The summed E-state index contributed by atoms with van der Waals surface area (Å²) in [6.45, 7) is 4.97. The van der Waals surface area contributed by atoms with Gasteiger partial charge < -0.3 is 9.47 Å². The molecule has 0 N–H and O–H groups in total. The molecule has 0 aliphatic heterocycles. The van der Waals surface area contributed by atoms with Gasteiger partial charge in [0, 0.05) is 0 Å². The normalized spacial score (nSPS) is 10.4. The van der Waals surface area contributed by atoms with Crippen molar-refractivity contribution in [2.45, 2.75) is 18.6 Å².